The lowest BCUT2D eigenvalue weighted by Gasteiger charge is -2.17. The van der Waals surface area contributed by atoms with Gasteiger partial charge in [0, 0.05) is 46.0 Å². The van der Waals surface area contributed by atoms with E-state index in [4.69, 9.17) is 4.74 Å². The summed E-state index contributed by atoms with van der Waals surface area (Å²) in [6, 6.07) is 0. The maximum absolute atomic E-state index is 5.09. The van der Waals surface area contributed by atoms with Crippen LogP contribution in [0.1, 0.15) is 31.0 Å². The molecule has 0 amide bonds. The third-order valence-electron chi connectivity index (χ3n) is 3.20. The Bertz CT molecular complexity index is 376. The van der Waals surface area contributed by atoms with Gasteiger partial charge in [-0.15, -0.1) is 0 Å². The largest absolute Gasteiger partial charge is 0.385 e. The number of anilines is 1. The van der Waals surface area contributed by atoms with Gasteiger partial charge in [0.2, 0.25) is 0 Å². The van der Waals surface area contributed by atoms with Crippen molar-refractivity contribution in [1.29, 1.82) is 0 Å². The van der Waals surface area contributed by atoms with E-state index in [9.17, 15) is 0 Å². The van der Waals surface area contributed by atoms with Crippen LogP contribution >= 0.6 is 0 Å². The van der Waals surface area contributed by atoms with Crippen LogP contribution in [0.4, 0.5) is 5.82 Å². The highest BCUT2D eigenvalue weighted by atomic mass is 16.5. The van der Waals surface area contributed by atoms with Crippen LogP contribution in [0.25, 0.3) is 0 Å². The fraction of sp³-hybridized carbons (Fsp3) is 0.786. The predicted octanol–water partition coefficient (Wildman–Crippen LogP) is 2.02. The lowest BCUT2D eigenvalue weighted by Crippen LogP contribution is -2.21. The quantitative estimate of drug-likeness (QED) is 0.696. The van der Waals surface area contributed by atoms with Gasteiger partial charge in [0.1, 0.15) is 5.82 Å². The molecule has 0 fully saturated rings. The molecule has 5 nitrogen and oxygen atoms in total. The lowest BCUT2D eigenvalue weighted by atomic mass is 10.2. The molecule has 0 unspecified atom stereocenters. The lowest BCUT2D eigenvalue weighted by molar-refractivity contribution is 0.178. The van der Waals surface area contributed by atoms with Crippen LogP contribution in [-0.2, 0) is 18.3 Å². The van der Waals surface area contributed by atoms with Gasteiger partial charge in [-0.2, -0.15) is 5.10 Å². The van der Waals surface area contributed by atoms with Crippen molar-refractivity contribution >= 4 is 5.82 Å². The maximum Gasteiger partial charge on any atom is 0.128 e. The maximum atomic E-state index is 5.09. The normalized spacial score (nSPS) is 11.3. The summed E-state index contributed by atoms with van der Waals surface area (Å²) in [6.07, 6.45) is 2.18. The number of nitrogens with one attached hydrogen (secondary N) is 1. The molecule has 1 heterocycles. The van der Waals surface area contributed by atoms with Crippen molar-refractivity contribution in [2.24, 2.45) is 7.05 Å². The van der Waals surface area contributed by atoms with Crippen LogP contribution < -0.4 is 5.32 Å². The number of methoxy groups -OCH3 is 1. The van der Waals surface area contributed by atoms with Gasteiger partial charge in [-0.1, -0.05) is 6.92 Å². The van der Waals surface area contributed by atoms with E-state index in [-0.39, 0.29) is 0 Å². The topological polar surface area (TPSA) is 42.3 Å². The first-order valence-electron chi connectivity index (χ1n) is 7.04. The molecule has 0 saturated carbocycles. The molecule has 0 atom stereocenters. The molecule has 0 saturated heterocycles. The second-order valence-electron chi connectivity index (χ2n) is 5.05. The molecule has 0 aliphatic carbocycles. The Morgan fingerprint density at radius 1 is 1.42 bits per heavy atom. The number of aryl methyl sites for hydroxylation is 2. The zero-order valence-corrected chi connectivity index (χ0v) is 13.0. The molecular weight excluding hydrogens is 240 g/mol. The summed E-state index contributed by atoms with van der Waals surface area (Å²) < 4.78 is 7.04. The Labute approximate surface area is 116 Å². The number of hydrogen-bond donors (Lipinski definition) is 1. The molecule has 110 valence electrons. The third-order valence-corrected chi connectivity index (χ3v) is 3.20. The van der Waals surface area contributed by atoms with Crippen molar-refractivity contribution in [2.45, 2.75) is 33.2 Å². The first kappa shape index (κ1) is 16.0. The molecule has 1 rings (SSSR count). The van der Waals surface area contributed by atoms with Crippen molar-refractivity contribution < 1.29 is 4.74 Å². The van der Waals surface area contributed by atoms with Crippen molar-refractivity contribution in [3.63, 3.8) is 0 Å². The van der Waals surface area contributed by atoms with Crippen LogP contribution in [0, 0.1) is 6.92 Å². The first-order chi connectivity index (χ1) is 9.10. The van der Waals surface area contributed by atoms with E-state index >= 15 is 0 Å². The highest BCUT2D eigenvalue weighted by Gasteiger charge is 2.14. The summed E-state index contributed by atoms with van der Waals surface area (Å²) in [5.41, 5.74) is 2.41. The van der Waals surface area contributed by atoms with Gasteiger partial charge in [-0.25, -0.2) is 0 Å². The fourth-order valence-electron chi connectivity index (χ4n) is 2.18. The van der Waals surface area contributed by atoms with Gasteiger partial charge in [0.25, 0.3) is 0 Å². The van der Waals surface area contributed by atoms with Crippen molar-refractivity contribution in [2.75, 3.05) is 39.2 Å². The Morgan fingerprint density at radius 3 is 2.79 bits per heavy atom. The minimum absolute atomic E-state index is 0.817. The zero-order valence-electron chi connectivity index (χ0n) is 13.0. The summed E-state index contributed by atoms with van der Waals surface area (Å²) in [4.78, 5) is 2.32. The average Bonchev–Trinajstić information content (AvgIpc) is 2.62. The fourth-order valence-corrected chi connectivity index (χ4v) is 2.18. The SMILES string of the molecule is CCCNc1c(CN(C)CCCOC)c(C)nn1C. The van der Waals surface area contributed by atoms with Crippen LogP contribution in [0.5, 0.6) is 0 Å². The van der Waals surface area contributed by atoms with E-state index in [1.54, 1.807) is 7.11 Å². The monoisotopic (exact) mass is 268 g/mol. The molecule has 0 spiro atoms. The Kier molecular flexibility index (Phi) is 6.87. The number of rotatable bonds is 9. The Morgan fingerprint density at radius 2 is 2.16 bits per heavy atom. The number of nitrogens with zero attached hydrogens (tertiary/aromatic N) is 3. The molecule has 0 bridgehead atoms. The van der Waals surface area contributed by atoms with Gasteiger partial charge in [-0.05, 0) is 26.8 Å². The summed E-state index contributed by atoms with van der Waals surface area (Å²) in [7, 11) is 5.89. The highest BCUT2D eigenvalue weighted by molar-refractivity contribution is 5.47. The molecule has 1 aromatic rings. The van der Waals surface area contributed by atoms with Crippen molar-refractivity contribution in [3.05, 3.63) is 11.3 Å². The molecule has 0 radical (unpaired) electrons. The summed E-state index contributed by atoms with van der Waals surface area (Å²) in [5.74, 6) is 1.15. The first-order valence-corrected chi connectivity index (χ1v) is 7.04. The number of ether oxygens (including phenoxy) is 1. The second-order valence-corrected chi connectivity index (χ2v) is 5.05. The molecule has 0 aliphatic heterocycles. The number of aromatic nitrogens is 2. The molecule has 1 aromatic heterocycles. The molecule has 19 heavy (non-hydrogen) atoms. The minimum Gasteiger partial charge on any atom is -0.385 e. The molecule has 0 aromatic carbocycles. The van der Waals surface area contributed by atoms with E-state index in [0.717, 1.165) is 50.6 Å². The summed E-state index contributed by atoms with van der Waals surface area (Å²) in [5, 5.41) is 7.99. The van der Waals surface area contributed by atoms with Crippen LogP contribution in [0.2, 0.25) is 0 Å². The van der Waals surface area contributed by atoms with Crippen LogP contribution in [-0.4, -0.2) is 48.5 Å². The van der Waals surface area contributed by atoms with Gasteiger partial charge in [-0.3, -0.25) is 4.68 Å². The zero-order chi connectivity index (χ0) is 14.3. The van der Waals surface area contributed by atoms with E-state index in [0.29, 0.717) is 0 Å². The standard InChI is InChI=1S/C14H28N4O/c1-6-8-15-14-13(12(2)16-18(14)4)11-17(3)9-7-10-19-5/h15H,6-11H2,1-5H3. The molecule has 0 aliphatic rings. The van der Waals surface area contributed by atoms with Crippen LogP contribution in [0.15, 0.2) is 0 Å². The van der Waals surface area contributed by atoms with Gasteiger partial charge in [0.15, 0.2) is 0 Å². The smallest absolute Gasteiger partial charge is 0.128 e. The third kappa shape index (κ3) is 4.84. The van der Waals surface area contributed by atoms with Gasteiger partial charge >= 0.3 is 0 Å². The molecule has 1 N–H and O–H groups in total. The minimum atomic E-state index is 0.817. The summed E-state index contributed by atoms with van der Waals surface area (Å²) >= 11 is 0. The number of hydrogen-bond acceptors (Lipinski definition) is 4. The molecular formula is C14H28N4O. The average molecular weight is 268 g/mol. The van der Waals surface area contributed by atoms with Gasteiger partial charge < -0.3 is 15.0 Å². The summed E-state index contributed by atoms with van der Waals surface area (Å²) in [6.45, 7) is 8.02. The predicted molar refractivity (Wildman–Crippen MR) is 79.6 cm³/mol. The second kappa shape index (κ2) is 8.17. The van der Waals surface area contributed by atoms with Crippen molar-refractivity contribution in [1.82, 2.24) is 14.7 Å². The van der Waals surface area contributed by atoms with E-state index in [1.807, 2.05) is 11.7 Å². The Balaban J connectivity index is 2.65. The highest BCUT2D eigenvalue weighted by Crippen LogP contribution is 2.20. The van der Waals surface area contributed by atoms with Crippen molar-refractivity contribution in [3.8, 4) is 0 Å². The van der Waals surface area contributed by atoms with E-state index in [2.05, 4.69) is 36.2 Å². The van der Waals surface area contributed by atoms with Gasteiger partial charge in [0.05, 0.1) is 5.69 Å². The Hall–Kier alpha value is -1.07. The molecule has 5 heteroatoms. The van der Waals surface area contributed by atoms with Crippen LogP contribution in [0.3, 0.4) is 0 Å². The van der Waals surface area contributed by atoms with E-state index in [1.165, 1.54) is 5.56 Å². The van der Waals surface area contributed by atoms with E-state index < -0.39 is 0 Å².